The Bertz CT molecular complexity index is 666. The number of rotatable bonds is 2. The normalized spacial score (nSPS) is 17.1. The summed E-state index contributed by atoms with van der Waals surface area (Å²) in [5.74, 6) is 0.156. The third-order valence-corrected chi connectivity index (χ3v) is 4.06. The van der Waals surface area contributed by atoms with Crippen LogP contribution in [0.5, 0.6) is 5.75 Å². The lowest BCUT2D eigenvalue weighted by Gasteiger charge is -2.18. The molecule has 2 nitrogen and oxygen atoms in total. The summed E-state index contributed by atoms with van der Waals surface area (Å²) in [5.41, 5.74) is 5.17. The van der Waals surface area contributed by atoms with Crippen molar-refractivity contribution in [2.75, 3.05) is 5.32 Å². The highest BCUT2D eigenvalue weighted by molar-refractivity contribution is 5.58. The first-order chi connectivity index (χ1) is 9.54. The maximum atomic E-state index is 13.2. The van der Waals surface area contributed by atoms with Crippen LogP contribution in [-0.2, 0) is 6.42 Å². The molecule has 2 N–H and O–H groups in total. The van der Waals surface area contributed by atoms with Gasteiger partial charge in [-0.2, -0.15) is 0 Å². The molecule has 2 aromatic rings. The van der Waals surface area contributed by atoms with Gasteiger partial charge in [0.05, 0.1) is 6.04 Å². The zero-order valence-corrected chi connectivity index (χ0v) is 11.7. The fourth-order valence-corrected chi connectivity index (χ4v) is 2.88. The maximum Gasteiger partial charge on any atom is 0.123 e. The minimum absolute atomic E-state index is 0.166. The number of hydrogen-bond donors (Lipinski definition) is 2. The van der Waals surface area contributed by atoms with E-state index in [-0.39, 0.29) is 11.9 Å². The molecule has 1 aliphatic carbocycles. The number of nitrogens with one attached hydrogen (secondary N) is 1. The Balaban J connectivity index is 1.89. The Morgan fingerprint density at radius 2 is 1.95 bits per heavy atom. The van der Waals surface area contributed by atoms with Gasteiger partial charge in [-0.3, -0.25) is 0 Å². The monoisotopic (exact) mass is 271 g/mol. The van der Waals surface area contributed by atoms with Crippen LogP contribution in [0.25, 0.3) is 0 Å². The molecule has 0 aromatic heterocycles. The van der Waals surface area contributed by atoms with E-state index in [1.54, 1.807) is 12.1 Å². The molecule has 104 valence electrons. The van der Waals surface area contributed by atoms with Crippen LogP contribution in [0.2, 0.25) is 0 Å². The standard InChI is InChI=1S/C17H18FNO/c1-10-8-17(20)11(2)7-16(10)19-15-6-3-12-9-13(18)4-5-14(12)15/h4-5,7-9,15,19-20H,3,6H2,1-2H3. The number of phenolic OH excluding ortho intramolecular Hbond substituents is 1. The topological polar surface area (TPSA) is 32.3 Å². The molecule has 1 atom stereocenters. The highest BCUT2D eigenvalue weighted by Gasteiger charge is 2.23. The summed E-state index contributed by atoms with van der Waals surface area (Å²) >= 11 is 0. The lowest BCUT2D eigenvalue weighted by molar-refractivity contribution is 0.470. The van der Waals surface area contributed by atoms with Crippen LogP contribution >= 0.6 is 0 Å². The van der Waals surface area contributed by atoms with Gasteiger partial charge in [-0.1, -0.05) is 6.07 Å². The first-order valence-electron chi connectivity index (χ1n) is 6.89. The number of fused-ring (bicyclic) bond motifs is 1. The fraction of sp³-hybridized carbons (Fsp3) is 0.294. The average molecular weight is 271 g/mol. The Morgan fingerprint density at radius 1 is 1.15 bits per heavy atom. The largest absolute Gasteiger partial charge is 0.508 e. The van der Waals surface area contributed by atoms with Gasteiger partial charge in [0.2, 0.25) is 0 Å². The molecule has 0 bridgehead atoms. The van der Waals surface area contributed by atoms with E-state index in [4.69, 9.17) is 0 Å². The summed E-state index contributed by atoms with van der Waals surface area (Å²) in [7, 11) is 0. The predicted molar refractivity (Wildman–Crippen MR) is 78.7 cm³/mol. The molecular formula is C17H18FNO. The second-order valence-electron chi connectivity index (χ2n) is 5.53. The van der Waals surface area contributed by atoms with Crippen molar-refractivity contribution in [3.63, 3.8) is 0 Å². The molecular weight excluding hydrogens is 253 g/mol. The van der Waals surface area contributed by atoms with Crippen LogP contribution < -0.4 is 5.32 Å². The Labute approximate surface area is 118 Å². The molecule has 20 heavy (non-hydrogen) atoms. The predicted octanol–water partition coefficient (Wildman–Crippen LogP) is 4.25. The molecule has 0 aliphatic heterocycles. The minimum Gasteiger partial charge on any atom is -0.508 e. The van der Waals surface area contributed by atoms with Crippen LogP contribution in [0, 0.1) is 19.7 Å². The summed E-state index contributed by atoms with van der Waals surface area (Å²) in [4.78, 5) is 0. The van der Waals surface area contributed by atoms with Gasteiger partial charge in [0.25, 0.3) is 0 Å². The van der Waals surface area contributed by atoms with E-state index in [2.05, 4.69) is 5.32 Å². The van der Waals surface area contributed by atoms with Crippen LogP contribution in [0.4, 0.5) is 10.1 Å². The van der Waals surface area contributed by atoms with Gasteiger partial charge in [0.1, 0.15) is 11.6 Å². The summed E-state index contributed by atoms with van der Waals surface area (Å²) in [6.07, 6.45) is 1.87. The van der Waals surface area contributed by atoms with Gasteiger partial charge in [-0.15, -0.1) is 0 Å². The molecule has 0 heterocycles. The molecule has 0 saturated heterocycles. The van der Waals surface area contributed by atoms with Crippen molar-refractivity contribution < 1.29 is 9.50 Å². The lowest BCUT2D eigenvalue weighted by atomic mass is 10.1. The van der Waals surface area contributed by atoms with Crippen molar-refractivity contribution in [3.05, 3.63) is 58.4 Å². The van der Waals surface area contributed by atoms with Gasteiger partial charge < -0.3 is 10.4 Å². The number of aromatic hydroxyl groups is 1. The Morgan fingerprint density at radius 3 is 2.75 bits per heavy atom. The molecule has 0 saturated carbocycles. The third-order valence-electron chi connectivity index (χ3n) is 4.06. The van der Waals surface area contributed by atoms with E-state index in [1.807, 2.05) is 26.0 Å². The van der Waals surface area contributed by atoms with E-state index in [1.165, 1.54) is 11.6 Å². The summed E-state index contributed by atoms with van der Waals surface area (Å²) in [6.45, 7) is 3.86. The molecule has 2 aromatic carbocycles. The zero-order valence-electron chi connectivity index (χ0n) is 11.7. The van der Waals surface area contributed by atoms with Gasteiger partial charge in [-0.25, -0.2) is 4.39 Å². The number of hydrogen-bond acceptors (Lipinski definition) is 2. The third kappa shape index (κ3) is 2.24. The lowest BCUT2D eigenvalue weighted by Crippen LogP contribution is -2.08. The number of phenols is 1. The molecule has 1 aliphatic rings. The Hall–Kier alpha value is -2.03. The Kier molecular flexibility index (Phi) is 3.13. The molecule has 3 rings (SSSR count). The molecule has 0 radical (unpaired) electrons. The smallest absolute Gasteiger partial charge is 0.123 e. The number of halogens is 1. The van der Waals surface area contributed by atoms with E-state index in [0.29, 0.717) is 5.75 Å². The highest BCUT2D eigenvalue weighted by atomic mass is 19.1. The van der Waals surface area contributed by atoms with Gasteiger partial charge in [0.15, 0.2) is 0 Å². The first-order valence-corrected chi connectivity index (χ1v) is 6.89. The number of benzene rings is 2. The van der Waals surface area contributed by atoms with Crippen molar-refractivity contribution in [3.8, 4) is 5.75 Å². The van der Waals surface area contributed by atoms with E-state index >= 15 is 0 Å². The van der Waals surface area contributed by atoms with Gasteiger partial charge >= 0.3 is 0 Å². The maximum absolute atomic E-state index is 13.2. The van der Waals surface area contributed by atoms with E-state index in [0.717, 1.165) is 35.2 Å². The summed E-state index contributed by atoms with van der Waals surface area (Å²) in [5, 5.41) is 13.2. The van der Waals surface area contributed by atoms with Crippen LogP contribution in [0.3, 0.4) is 0 Å². The fourth-order valence-electron chi connectivity index (χ4n) is 2.88. The molecule has 0 spiro atoms. The second kappa shape index (κ2) is 4.82. The van der Waals surface area contributed by atoms with Crippen LogP contribution in [-0.4, -0.2) is 5.11 Å². The van der Waals surface area contributed by atoms with Crippen molar-refractivity contribution in [1.82, 2.24) is 0 Å². The molecule has 3 heteroatoms. The number of aryl methyl sites for hydroxylation is 3. The molecule has 0 amide bonds. The second-order valence-corrected chi connectivity index (χ2v) is 5.53. The average Bonchev–Trinajstić information content (AvgIpc) is 2.78. The number of anilines is 1. The minimum atomic E-state index is -0.166. The molecule has 0 fully saturated rings. The highest BCUT2D eigenvalue weighted by Crippen LogP contribution is 2.36. The SMILES string of the molecule is Cc1cc(NC2CCc3cc(F)ccc32)c(C)cc1O. The van der Waals surface area contributed by atoms with Crippen molar-refractivity contribution in [2.24, 2.45) is 0 Å². The quantitative estimate of drug-likeness (QED) is 0.800. The van der Waals surface area contributed by atoms with Crippen LogP contribution in [0.15, 0.2) is 30.3 Å². The van der Waals surface area contributed by atoms with Crippen molar-refractivity contribution in [2.45, 2.75) is 32.7 Å². The van der Waals surface area contributed by atoms with Gasteiger partial charge in [0, 0.05) is 5.69 Å². The van der Waals surface area contributed by atoms with Crippen molar-refractivity contribution >= 4 is 5.69 Å². The summed E-state index contributed by atoms with van der Waals surface area (Å²) in [6, 6.07) is 8.98. The molecule has 1 unspecified atom stereocenters. The zero-order chi connectivity index (χ0) is 14.3. The van der Waals surface area contributed by atoms with E-state index < -0.39 is 0 Å². The van der Waals surface area contributed by atoms with Crippen LogP contribution in [0.1, 0.15) is 34.7 Å². The first kappa shape index (κ1) is 13.0. The van der Waals surface area contributed by atoms with E-state index in [9.17, 15) is 9.50 Å². The van der Waals surface area contributed by atoms with Crippen molar-refractivity contribution in [1.29, 1.82) is 0 Å². The summed E-state index contributed by atoms with van der Waals surface area (Å²) < 4.78 is 13.2. The van der Waals surface area contributed by atoms with Gasteiger partial charge in [-0.05, 0) is 73.2 Å².